The molecular weight excluding hydrogens is 224 g/mol. The zero-order chi connectivity index (χ0) is 12.9. The molecule has 0 amide bonds. The normalized spacial score (nSPS) is 12.8. The van der Waals surface area contributed by atoms with Gasteiger partial charge in [-0.3, -0.25) is 0 Å². The van der Waals surface area contributed by atoms with Crippen molar-refractivity contribution in [2.24, 2.45) is 5.41 Å². The van der Waals surface area contributed by atoms with Crippen LogP contribution in [0.25, 0.3) is 0 Å². The molecule has 0 saturated carbocycles. The van der Waals surface area contributed by atoms with E-state index in [1.807, 2.05) is 13.8 Å². The van der Waals surface area contributed by atoms with Gasteiger partial charge < -0.3 is 10.4 Å². The van der Waals surface area contributed by atoms with Gasteiger partial charge in [-0.1, -0.05) is 44.2 Å². The van der Waals surface area contributed by atoms with Gasteiger partial charge in [0, 0.05) is 24.1 Å². The Kier molecular flexibility index (Phi) is 4.60. The maximum Gasteiger partial charge on any atom is 0.285 e. The molecule has 0 aliphatic heterocycles. The summed E-state index contributed by atoms with van der Waals surface area (Å²) in [5, 5.41) is 11.7. The maximum atomic E-state index is 13.7. The summed E-state index contributed by atoms with van der Waals surface area (Å²) in [6, 6.07) is 7.74. The summed E-state index contributed by atoms with van der Waals surface area (Å²) < 4.78 is 27.4. The van der Waals surface area contributed by atoms with Gasteiger partial charge >= 0.3 is 0 Å². The molecule has 96 valence electrons. The molecule has 2 nitrogen and oxygen atoms in total. The van der Waals surface area contributed by atoms with Crippen LogP contribution < -0.4 is 5.32 Å². The zero-order valence-electron chi connectivity index (χ0n) is 10.2. The lowest BCUT2D eigenvalue weighted by Crippen LogP contribution is -2.38. The van der Waals surface area contributed by atoms with Crippen LogP contribution in [0.2, 0.25) is 0 Å². The van der Waals surface area contributed by atoms with Gasteiger partial charge in [-0.05, 0) is 0 Å². The van der Waals surface area contributed by atoms with Crippen molar-refractivity contribution in [3.05, 3.63) is 35.9 Å². The van der Waals surface area contributed by atoms with E-state index in [0.717, 1.165) is 0 Å². The van der Waals surface area contributed by atoms with E-state index in [4.69, 9.17) is 5.11 Å². The van der Waals surface area contributed by atoms with Crippen molar-refractivity contribution in [2.75, 3.05) is 19.7 Å². The molecule has 0 heterocycles. The summed E-state index contributed by atoms with van der Waals surface area (Å²) in [7, 11) is 0. The topological polar surface area (TPSA) is 32.3 Å². The third kappa shape index (κ3) is 4.40. The van der Waals surface area contributed by atoms with Crippen molar-refractivity contribution in [1.29, 1.82) is 0 Å². The minimum Gasteiger partial charge on any atom is -0.396 e. The summed E-state index contributed by atoms with van der Waals surface area (Å²) in [6.07, 6.45) is 0. The standard InChI is InChI=1S/C13H19F2NO/c1-12(2,10-17)8-16-9-13(14,15)11-6-4-3-5-7-11/h3-7,16-17H,8-10H2,1-2H3. The van der Waals surface area contributed by atoms with Gasteiger partial charge in [-0.25, -0.2) is 0 Å². The fraction of sp³-hybridized carbons (Fsp3) is 0.538. The lowest BCUT2D eigenvalue weighted by Gasteiger charge is -2.24. The van der Waals surface area contributed by atoms with Gasteiger partial charge in [-0.2, -0.15) is 8.78 Å². The van der Waals surface area contributed by atoms with Crippen molar-refractivity contribution < 1.29 is 13.9 Å². The second-order valence-electron chi connectivity index (χ2n) is 5.00. The quantitative estimate of drug-likeness (QED) is 0.804. The molecule has 1 rings (SSSR count). The Morgan fingerprint density at radius 2 is 1.71 bits per heavy atom. The van der Waals surface area contributed by atoms with Crippen LogP contribution in [0.1, 0.15) is 19.4 Å². The maximum absolute atomic E-state index is 13.7. The molecule has 0 saturated heterocycles. The minimum absolute atomic E-state index is 0.00862. The van der Waals surface area contributed by atoms with Crippen LogP contribution >= 0.6 is 0 Å². The number of hydrogen-bond acceptors (Lipinski definition) is 2. The van der Waals surface area contributed by atoms with Gasteiger partial charge in [0.2, 0.25) is 0 Å². The van der Waals surface area contributed by atoms with Gasteiger partial charge in [0.25, 0.3) is 5.92 Å². The Balaban J connectivity index is 2.51. The number of nitrogens with one attached hydrogen (secondary N) is 1. The van der Waals surface area contributed by atoms with Crippen LogP contribution in [0, 0.1) is 5.41 Å². The van der Waals surface area contributed by atoms with Crippen LogP contribution in [0.4, 0.5) is 8.78 Å². The Morgan fingerprint density at radius 1 is 1.12 bits per heavy atom. The van der Waals surface area contributed by atoms with E-state index in [2.05, 4.69) is 5.32 Å². The van der Waals surface area contributed by atoms with E-state index in [1.165, 1.54) is 12.1 Å². The number of aliphatic hydroxyl groups is 1. The highest BCUT2D eigenvalue weighted by Crippen LogP contribution is 2.26. The first-order valence-electron chi connectivity index (χ1n) is 5.62. The SMILES string of the molecule is CC(C)(CO)CNCC(F)(F)c1ccccc1. The molecule has 0 fully saturated rings. The van der Waals surface area contributed by atoms with E-state index in [9.17, 15) is 8.78 Å². The van der Waals surface area contributed by atoms with E-state index < -0.39 is 12.5 Å². The van der Waals surface area contributed by atoms with Gasteiger partial charge in [0.1, 0.15) is 0 Å². The van der Waals surface area contributed by atoms with Gasteiger partial charge in [-0.15, -0.1) is 0 Å². The van der Waals surface area contributed by atoms with E-state index in [-0.39, 0.29) is 17.6 Å². The predicted molar refractivity (Wildman–Crippen MR) is 64.1 cm³/mol. The third-order valence-corrected chi connectivity index (χ3v) is 2.57. The van der Waals surface area contributed by atoms with Crippen molar-refractivity contribution in [3.8, 4) is 0 Å². The average Bonchev–Trinajstić information content (AvgIpc) is 2.30. The van der Waals surface area contributed by atoms with E-state index in [1.54, 1.807) is 18.2 Å². The van der Waals surface area contributed by atoms with E-state index in [0.29, 0.717) is 6.54 Å². The molecule has 1 aromatic rings. The van der Waals surface area contributed by atoms with E-state index >= 15 is 0 Å². The second kappa shape index (κ2) is 5.56. The first kappa shape index (κ1) is 14.1. The smallest absolute Gasteiger partial charge is 0.285 e. The largest absolute Gasteiger partial charge is 0.396 e. The summed E-state index contributed by atoms with van der Waals surface area (Å²) in [5.41, 5.74) is -0.374. The van der Waals surface area contributed by atoms with Crippen molar-refractivity contribution in [2.45, 2.75) is 19.8 Å². The third-order valence-electron chi connectivity index (χ3n) is 2.57. The Labute approximate surface area is 101 Å². The van der Waals surface area contributed by atoms with Gasteiger partial charge in [0.15, 0.2) is 0 Å². The Bertz CT molecular complexity index is 339. The van der Waals surface area contributed by atoms with Crippen molar-refractivity contribution in [1.82, 2.24) is 5.32 Å². The first-order valence-corrected chi connectivity index (χ1v) is 5.62. The number of halogens is 2. The zero-order valence-corrected chi connectivity index (χ0v) is 10.2. The van der Waals surface area contributed by atoms with Crippen LogP contribution in [-0.4, -0.2) is 24.8 Å². The number of alkyl halides is 2. The fourth-order valence-electron chi connectivity index (χ4n) is 1.40. The summed E-state index contributed by atoms with van der Waals surface area (Å²) >= 11 is 0. The molecule has 17 heavy (non-hydrogen) atoms. The first-order chi connectivity index (χ1) is 7.87. The van der Waals surface area contributed by atoms with Crippen molar-refractivity contribution in [3.63, 3.8) is 0 Å². The molecule has 2 N–H and O–H groups in total. The molecule has 0 aliphatic carbocycles. The monoisotopic (exact) mass is 243 g/mol. The number of hydrogen-bond donors (Lipinski definition) is 2. The second-order valence-corrected chi connectivity index (χ2v) is 5.00. The molecule has 0 unspecified atom stereocenters. The molecule has 0 aromatic heterocycles. The molecule has 0 spiro atoms. The van der Waals surface area contributed by atoms with Crippen LogP contribution in [-0.2, 0) is 5.92 Å². The molecule has 0 radical (unpaired) electrons. The number of aliphatic hydroxyl groups excluding tert-OH is 1. The Morgan fingerprint density at radius 3 is 2.24 bits per heavy atom. The molecule has 0 bridgehead atoms. The number of rotatable bonds is 6. The lowest BCUT2D eigenvalue weighted by molar-refractivity contribution is -0.00616. The van der Waals surface area contributed by atoms with Crippen molar-refractivity contribution >= 4 is 0 Å². The Hall–Kier alpha value is -1.00. The van der Waals surface area contributed by atoms with Crippen LogP contribution in [0.5, 0.6) is 0 Å². The predicted octanol–water partition coefficient (Wildman–Crippen LogP) is 2.39. The molecule has 4 heteroatoms. The van der Waals surface area contributed by atoms with Gasteiger partial charge in [0.05, 0.1) is 6.54 Å². The molecule has 0 aliphatic rings. The highest BCUT2D eigenvalue weighted by molar-refractivity contribution is 5.20. The average molecular weight is 243 g/mol. The highest BCUT2D eigenvalue weighted by atomic mass is 19.3. The molecule has 0 atom stereocenters. The molecular formula is C13H19F2NO. The minimum atomic E-state index is -2.88. The van der Waals surface area contributed by atoms with Crippen LogP contribution in [0.15, 0.2) is 30.3 Å². The number of benzene rings is 1. The summed E-state index contributed by atoms with van der Waals surface area (Å²) in [6.45, 7) is 3.55. The highest BCUT2D eigenvalue weighted by Gasteiger charge is 2.31. The van der Waals surface area contributed by atoms with Crippen LogP contribution in [0.3, 0.4) is 0 Å². The lowest BCUT2D eigenvalue weighted by atomic mass is 9.95. The summed E-state index contributed by atoms with van der Waals surface area (Å²) in [4.78, 5) is 0. The molecule has 1 aromatic carbocycles. The fourth-order valence-corrected chi connectivity index (χ4v) is 1.40. The summed E-state index contributed by atoms with van der Waals surface area (Å²) in [5.74, 6) is -2.88.